The zero-order valence-corrected chi connectivity index (χ0v) is 13.2. The van der Waals surface area contributed by atoms with E-state index in [2.05, 4.69) is 41.2 Å². The lowest BCUT2D eigenvalue weighted by molar-refractivity contribution is 0.348. The van der Waals surface area contributed by atoms with Crippen LogP contribution in [0.2, 0.25) is 0 Å². The van der Waals surface area contributed by atoms with Crippen molar-refractivity contribution in [1.82, 2.24) is 15.1 Å². The number of aromatic nitrogens is 2. The summed E-state index contributed by atoms with van der Waals surface area (Å²) in [5.74, 6) is 1.07. The number of rotatable bonds is 2. The normalized spacial score (nSPS) is 20.9. The van der Waals surface area contributed by atoms with E-state index in [0.29, 0.717) is 6.04 Å². The van der Waals surface area contributed by atoms with Crippen molar-refractivity contribution < 1.29 is 0 Å². The van der Waals surface area contributed by atoms with Crippen LogP contribution in [0, 0.1) is 0 Å². The molecule has 1 N–H and O–H groups in total. The first-order chi connectivity index (χ1) is 10.4. The SMILES string of the molecule is CCc1nn(C2CCCNC2)c2c1CSc1ccccc1-2. The molecular formula is C17H21N3S. The number of aryl methyl sites for hydroxylation is 1. The fourth-order valence-electron chi connectivity index (χ4n) is 3.48. The van der Waals surface area contributed by atoms with E-state index in [-0.39, 0.29) is 0 Å². The smallest absolute Gasteiger partial charge is 0.0740 e. The van der Waals surface area contributed by atoms with Gasteiger partial charge in [0.25, 0.3) is 0 Å². The molecule has 2 aliphatic rings. The highest BCUT2D eigenvalue weighted by atomic mass is 32.2. The molecule has 0 spiro atoms. The Hall–Kier alpha value is -1.26. The largest absolute Gasteiger partial charge is 0.315 e. The lowest BCUT2D eigenvalue weighted by atomic mass is 10.0. The van der Waals surface area contributed by atoms with Gasteiger partial charge in [0.2, 0.25) is 0 Å². The highest BCUT2D eigenvalue weighted by molar-refractivity contribution is 7.98. The standard InChI is InChI=1S/C17H21N3S/c1-2-15-14-11-21-16-8-4-3-7-13(16)17(14)20(19-15)12-6-5-9-18-10-12/h3-4,7-8,12,18H,2,5-6,9-11H2,1H3. The molecule has 1 aromatic carbocycles. The summed E-state index contributed by atoms with van der Waals surface area (Å²) < 4.78 is 2.33. The molecule has 0 aliphatic carbocycles. The Balaban J connectivity index is 1.87. The Labute approximate surface area is 130 Å². The molecule has 0 radical (unpaired) electrons. The maximum Gasteiger partial charge on any atom is 0.0740 e. The fraction of sp³-hybridized carbons (Fsp3) is 0.471. The topological polar surface area (TPSA) is 29.9 Å². The molecule has 110 valence electrons. The summed E-state index contributed by atoms with van der Waals surface area (Å²) in [5, 5.41) is 8.52. The second-order valence-corrected chi connectivity index (χ2v) is 6.87. The molecule has 0 amide bonds. The number of nitrogens with zero attached hydrogens (tertiary/aromatic N) is 2. The van der Waals surface area contributed by atoms with Crippen LogP contribution >= 0.6 is 11.8 Å². The minimum absolute atomic E-state index is 0.504. The van der Waals surface area contributed by atoms with Gasteiger partial charge in [-0.3, -0.25) is 4.68 Å². The van der Waals surface area contributed by atoms with Crippen LogP contribution in [-0.4, -0.2) is 22.9 Å². The Kier molecular flexibility index (Phi) is 3.51. The van der Waals surface area contributed by atoms with Crippen molar-refractivity contribution in [3.8, 4) is 11.3 Å². The zero-order chi connectivity index (χ0) is 14.2. The van der Waals surface area contributed by atoms with Gasteiger partial charge < -0.3 is 5.32 Å². The molecule has 2 aliphatic heterocycles. The predicted molar refractivity (Wildman–Crippen MR) is 87.7 cm³/mol. The van der Waals surface area contributed by atoms with Gasteiger partial charge in [0, 0.05) is 28.3 Å². The maximum absolute atomic E-state index is 5.00. The Morgan fingerprint density at radius 3 is 3.10 bits per heavy atom. The van der Waals surface area contributed by atoms with Crippen molar-refractivity contribution in [1.29, 1.82) is 0 Å². The van der Waals surface area contributed by atoms with Crippen LogP contribution in [0.5, 0.6) is 0 Å². The molecule has 21 heavy (non-hydrogen) atoms. The Morgan fingerprint density at radius 2 is 2.29 bits per heavy atom. The first kappa shape index (κ1) is 13.4. The molecule has 2 aromatic rings. The van der Waals surface area contributed by atoms with E-state index in [9.17, 15) is 0 Å². The van der Waals surface area contributed by atoms with Gasteiger partial charge in [0.05, 0.1) is 17.4 Å². The van der Waals surface area contributed by atoms with Crippen molar-refractivity contribution >= 4 is 11.8 Å². The average Bonchev–Trinajstić information content (AvgIpc) is 2.95. The van der Waals surface area contributed by atoms with Crippen LogP contribution in [0.15, 0.2) is 29.2 Å². The number of thioether (sulfide) groups is 1. The first-order valence-corrected chi connectivity index (χ1v) is 8.90. The minimum atomic E-state index is 0.504. The molecule has 0 bridgehead atoms. The lowest BCUT2D eigenvalue weighted by Gasteiger charge is -2.26. The van der Waals surface area contributed by atoms with Crippen molar-refractivity contribution in [3.63, 3.8) is 0 Å². The van der Waals surface area contributed by atoms with Gasteiger partial charge in [-0.25, -0.2) is 0 Å². The summed E-state index contributed by atoms with van der Waals surface area (Å²) in [6.07, 6.45) is 3.51. The second-order valence-electron chi connectivity index (χ2n) is 5.86. The summed E-state index contributed by atoms with van der Waals surface area (Å²) >= 11 is 1.95. The first-order valence-electron chi connectivity index (χ1n) is 7.91. The molecule has 4 heteroatoms. The van der Waals surface area contributed by atoms with Crippen LogP contribution in [0.3, 0.4) is 0 Å². The lowest BCUT2D eigenvalue weighted by Crippen LogP contribution is -2.32. The van der Waals surface area contributed by atoms with Gasteiger partial charge >= 0.3 is 0 Å². The van der Waals surface area contributed by atoms with E-state index < -0.39 is 0 Å². The van der Waals surface area contributed by atoms with Gasteiger partial charge in [-0.15, -0.1) is 11.8 Å². The Bertz CT molecular complexity index is 656. The molecule has 4 rings (SSSR count). The fourth-order valence-corrected chi connectivity index (χ4v) is 4.58. The molecule has 1 atom stereocenters. The maximum atomic E-state index is 5.00. The average molecular weight is 299 g/mol. The molecule has 1 saturated heterocycles. The van der Waals surface area contributed by atoms with E-state index in [4.69, 9.17) is 5.10 Å². The third kappa shape index (κ3) is 2.21. The zero-order valence-electron chi connectivity index (χ0n) is 12.4. The molecule has 3 heterocycles. The van der Waals surface area contributed by atoms with E-state index in [1.807, 2.05) is 11.8 Å². The number of hydrogen-bond acceptors (Lipinski definition) is 3. The van der Waals surface area contributed by atoms with E-state index in [1.54, 1.807) is 0 Å². The summed E-state index contributed by atoms with van der Waals surface area (Å²) in [6, 6.07) is 9.29. The minimum Gasteiger partial charge on any atom is -0.315 e. The predicted octanol–water partition coefficient (Wildman–Crippen LogP) is 3.64. The monoisotopic (exact) mass is 299 g/mol. The van der Waals surface area contributed by atoms with Crippen LogP contribution < -0.4 is 5.32 Å². The number of piperidine rings is 1. The number of hydrogen-bond donors (Lipinski definition) is 1. The van der Waals surface area contributed by atoms with Crippen molar-refractivity contribution in [3.05, 3.63) is 35.5 Å². The third-order valence-electron chi connectivity index (χ3n) is 4.56. The van der Waals surface area contributed by atoms with Gasteiger partial charge in [-0.1, -0.05) is 25.1 Å². The van der Waals surface area contributed by atoms with Crippen LogP contribution in [-0.2, 0) is 12.2 Å². The molecule has 1 fully saturated rings. The molecule has 3 nitrogen and oxygen atoms in total. The summed E-state index contributed by atoms with van der Waals surface area (Å²) in [5.41, 5.74) is 5.51. The third-order valence-corrected chi connectivity index (χ3v) is 5.66. The number of nitrogens with one attached hydrogen (secondary N) is 1. The molecule has 1 aromatic heterocycles. The van der Waals surface area contributed by atoms with Gasteiger partial charge in [-0.2, -0.15) is 5.10 Å². The number of benzene rings is 1. The van der Waals surface area contributed by atoms with Crippen molar-refractivity contribution in [2.45, 2.75) is 42.9 Å². The highest BCUT2D eigenvalue weighted by Gasteiger charge is 2.28. The van der Waals surface area contributed by atoms with Crippen LogP contribution in [0.4, 0.5) is 0 Å². The van der Waals surface area contributed by atoms with E-state index >= 15 is 0 Å². The van der Waals surface area contributed by atoms with Crippen molar-refractivity contribution in [2.75, 3.05) is 13.1 Å². The summed E-state index contributed by atoms with van der Waals surface area (Å²) in [4.78, 5) is 1.40. The Morgan fingerprint density at radius 1 is 1.38 bits per heavy atom. The molecular weight excluding hydrogens is 278 g/mol. The van der Waals surface area contributed by atoms with Gasteiger partial charge in [-0.05, 0) is 31.9 Å². The van der Waals surface area contributed by atoms with Gasteiger partial charge in [0.15, 0.2) is 0 Å². The van der Waals surface area contributed by atoms with E-state index in [1.165, 1.54) is 40.3 Å². The van der Waals surface area contributed by atoms with Gasteiger partial charge in [0.1, 0.15) is 0 Å². The highest BCUT2D eigenvalue weighted by Crippen LogP contribution is 2.44. The molecule has 1 unspecified atom stereocenters. The molecule has 0 saturated carbocycles. The quantitative estimate of drug-likeness (QED) is 0.918. The number of fused-ring (bicyclic) bond motifs is 3. The van der Waals surface area contributed by atoms with E-state index in [0.717, 1.165) is 25.3 Å². The summed E-state index contributed by atoms with van der Waals surface area (Å²) in [6.45, 7) is 4.41. The second kappa shape index (κ2) is 5.50. The van der Waals surface area contributed by atoms with Crippen LogP contribution in [0.25, 0.3) is 11.3 Å². The van der Waals surface area contributed by atoms with Crippen molar-refractivity contribution in [2.24, 2.45) is 0 Å². The van der Waals surface area contributed by atoms with Crippen LogP contribution in [0.1, 0.15) is 37.1 Å². The summed E-state index contributed by atoms with van der Waals surface area (Å²) in [7, 11) is 0.